The SMILES string of the molecule is CNCc1ccccc1N1CC(C)(C)C1. The van der Waals surface area contributed by atoms with E-state index in [1.165, 1.54) is 24.3 Å². The minimum absolute atomic E-state index is 0.493. The second-order valence-corrected chi connectivity index (χ2v) is 5.18. The largest absolute Gasteiger partial charge is 0.370 e. The summed E-state index contributed by atoms with van der Waals surface area (Å²) < 4.78 is 0. The van der Waals surface area contributed by atoms with Crippen molar-refractivity contribution in [1.29, 1.82) is 0 Å². The van der Waals surface area contributed by atoms with Gasteiger partial charge in [-0.1, -0.05) is 32.0 Å². The molecule has 0 amide bonds. The lowest BCUT2D eigenvalue weighted by Crippen LogP contribution is -2.53. The number of anilines is 1. The zero-order chi connectivity index (χ0) is 10.9. The maximum absolute atomic E-state index is 3.22. The summed E-state index contributed by atoms with van der Waals surface area (Å²) in [6, 6.07) is 8.67. The highest BCUT2D eigenvalue weighted by Crippen LogP contribution is 2.34. The zero-order valence-electron chi connectivity index (χ0n) is 9.88. The molecule has 0 saturated carbocycles. The van der Waals surface area contributed by atoms with Crippen molar-refractivity contribution in [1.82, 2.24) is 5.32 Å². The molecule has 0 atom stereocenters. The second-order valence-electron chi connectivity index (χ2n) is 5.18. The van der Waals surface area contributed by atoms with Gasteiger partial charge in [0.2, 0.25) is 0 Å². The van der Waals surface area contributed by atoms with Crippen LogP contribution in [-0.4, -0.2) is 20.1 Å². The molecule has 2 nitrogen and oxygen atoms in total. The first-order valence-electron chi connectivity index (χ1n) is 5.60. The fourth-order valence-corrected chi connectivity index (χ4v) is 2.32. The summed E-state index contributed by atoms with van der Waals surface area (Å²) in [6.45, 7) is 7.95. The van der Waals surface area contributed by atoms with Crippen molar-refractivity contribution >= 4 is 5.69 Å². The summed E-state index contributed by atoms with van der Waals surface area (Å²) in [4.78, 5) is 2.46. The van der Waals surface area contributed by atoms with Crippen molar-refractivity contribution in [3.05, 3.63) is 29.8 Å². The molecule has 1 aliphatic rings. The fraction of sp³-hybridized carbons (Fsp3) is 0.538. The van der Waals surface area contributed by atoms with Crippen LogP contribution in [0.5, 0.6) is 0 Å². The third-order valence-electron chi connectivity index (χ3n) is 2.94. The van der Waals surface area contributed by atoms with E-state index < -0.39 is 0 Å². The summed E-state index contributed by atoms with van der Waals surface area (Å²) in [5, 5.41) is 3.22. The highest BCUT2D eigenvalue weighted by atomic mass is 15.2. The Hall–Kier alpha value is -1.02. The molecule has 2 heteroatoms. The molecule has 1 heterocycles. The Morgan fingerprint density at radius 2 is 1.93 bits per heavy atom. The van der Waals surface area contributed by atoms with Gasteiger partial charge in [-0.3, -0.25) is 0 Å². The number of hydrogen-bond donors (Lipinski definition) is 1. The van der Waals surface area contributed by atoms with Gasteiger partial charge in [0.15, 0.2) is 0 Å². The van der Waals surface area contributed by atoms with Crippen molar-refractivity contribution in [3.8, 4) is 0 Å². The molecular formula is C13H20N2. The van der Waals surface area contributed by atoms with Gasteiger partial charge in [-0.25, -0.2) is 0 Å². The van der Waals surface area contributed by atoms with Crippen LogP contribution in [0.2, 0.25) is 0 Å². The van der Waals surface area contributed by atoms with Gasteiger partial charge in [0.25, 0.3) is 0 Å². The highest BCUT2D eigenvalue weighted by Gasteiger charge is 2.34. The van der Waals surface area contributed by atoms with E-state index in [1.54, 1.807) is 0 Å². The monoisotopic (exact) mass is 204 g/mol. The number of hydrogen-bond acceptors (Lipinski definition) is 2. The second kappa shape index (κ2) is 3.86. The Morgan fingerprint density at radius 3 is 2.53 bits per heavy atom. The van der Waals surface area contributed by atoms with E-state index in [0.717, 1.165) is 6.54 Å². The molecule has 0 bridgehead atoms. The van der Waals surface area contributed by atoms with Crippen LogP contribution in [0, 0.1) is 5.41 Å². The lowest BCUT2D eigenvalue weighted by atomic mass is 9.83. The van der Waals surface area contributed by atoms with Crippen LogP contribution < -0.4 is 10.2 Å². The quantitative estimate of drug-likeness (QED) is 0.812. The topological polar surface area (TPSA) is 15.3 Å². The number of nitrogens with one attached hydrogen (secondary N) is 1. The van der Waals surface area contributed by atoms with Gasteiger partial charge < -0.3 is 10.2 Å². The number of rotatable bonds is 3. The van der Waals surface area contributed by atoms with Gasteiger partial charge in [-0.05, 0) is 24.1 Å². The lowest BCUT2D eigenvalue weighted by Gasteiger charge is -2.48. The van der Waals surface area contributed by atoms with Gasteiger partial charge in [-0.15, -0.1) is 0 Å². The van der Waals surface area contributed by atoms with Gasteiger partial charge in [0.1, 0.15) is 0 Å². The average Bonchev–Trinajstić information content (AvgIpc) is 2.15. The third kappa shape index (κ3) is 2.15. The van der Waals surface area contributed by atoms with E-state index in [9.17, 15) is 0 Å². The molecule has 1 aromatic carbocycles. The van der Waals surface area contributed by atoms with E-state index in [0.29, 0.717) is 5.41 Å². The van der Waals surface area contributed by atoms with E-state index in [1.807, 2.05) is 7.05 Å². The Labute approximate surface area is 92.3 Å². The molecule has 1 aliphatic heterocycles. The summed E-state index contributed by atoms with van der Waals surface area (Å²) in [5.41, 5.74) is 3.29. The summed E-state index contributed by atoms with van der Waals surface area (Å²) in [7, 11) is 2.00. The van der Waals surface area contributed by atoms with Crippen molar-refractivity contribution in [2.75, 3.05) is 25.0 Å². The number of benzene rings is 1. The summed E-state index contributed by atoms with van der Waals surface area (Å²) >= 11 is 0. The first kappa shape index (κ1) is 10.5. The molecule has 0 aromatic heterocycles. The Morgan fingerprint density at radius 1 is 1.27 bits per heavy atom. The molecule has 15 heavy (non-hydrogen) atoms. The summed E-state index contributed by atoms with van der Waals surface area (Å²) in [5.74, 6) is 0. The zero-order valence-corrected chi connectivity index (χ0v) is 9.88. The number of para-hydroxylation sites is 1. The predicted molar refractivity (Wildman–Crippen MR) is 65.2 cm³/mol. The van der Waals surface area contributed by atoms with Gasteiger partial charge >= 0.3 is 0 Å². The average molecular weight is 204 g/mol. The molecule has 2 rings (SSSR count). The van der Waals surface area contributed by atoms with Crippen LogP contribution in [0.4, 0.5) is 5.69 Å². The highest BCUT2D eigenvalue weighted by molar-refractivity contribution is 5.56. The molecular weight excluding hydrogens is 184 g/mol. The molecule has 1 fully saturated rings. The van der Waals surface area contributed by atoms with Crippen molar-refractivity contribution in [2.45, 2.75) is 20.4 Å². The van der Waals surface area contributed by atoms with E-state index >= 15 is 0 Å². The summed E-state index contributed by atoms with van der Waals surface area (Å²) in [6.07, 6.45) is 0. The lowest BCUT2D eigenvalue weighted by molar-refractivity contribution is 0.276. The molecule has 1 aromatic rings. The van der Waals surface area contributed by atoms with Gasteiger partial charge in [-0.2, -0.15) is 0 Å². The van der Waals surface area contributed by atoms with E-state index in [2.05, 4.69) is 48.3 Å². The van der Waals surface area contributed by atoms with Crippen LogP contribution in [0.3, 0.4) is 0 Å². The smallest absolute Gasteiger partial charge is 0.0412 e. The first-order chi connectivity index (χ1) is 7.12. The fourth-order valence-electron chi connectivity index (χ4n) is 2.32. The van der Waals surface area contributed by atoms with E-state index in [4.69, 9.17) is 0 Å². The first-order valence-corrected chi connectivity index (χ1v) is 5.60. The molecule has 0 aliphatic carbocycles. The number of nitrogens with zero attached hydrogens (tertiary/aromatic N) is 1. The third-order valence-corrected chi connectivity index (χ3v) is 2.94. The van der Waals surface area contributed by atoms with Crippen molar-refractivity contribution < 1.29 is 0 Å². The standard InChI is InChI=1S/C13H20N2/c1-13(2)9-15(10-13)12-7-5-4-6-11(12)8-14-3/h4-7,14H,8-10H2,1-3H3. The maximum Gasteiger partial charge on any atom is 0.0412 e. The minimum atomic E-state index is 0.493. The predicted octanol–water partition coefficient (Wildman–Crippen LogP) is 2.25. The molecule has 0 unspecified atom stereocenters. The van der Waals surface area contributed by atoms with Gasteiger partial charge in [0, 0.05) is 25.3 Å². The van der Waals surface area contributed by atoms with Crippen LogP contribution in [0.15, 0.2) is 24.3 Å². The Balaban J connectivity index is 2.14. The maximum atomic E-state index is 3.22. The molecule has 82 valence electrons. The minimum Gasteiger partial charge on any atom is -0.370 e. The Kier molecular flexibility index (Phi) is 2.70. The van der Waals surface area contributed by atoms with Crippen LogP contribution in [-0.2, 0) is 6.54 Å². The molecule has 0 spiro atoms. The van der Waals surface area contributed by atoms with Crippen molar-refractivity contribution in [3.63, 3.8) is 0 Å². The molecule has 0 radical (unpaired) electrons. The van der Waals surface area contributed by atoms with Crippen LogP contribution >= 0.6 is 0 Å². The Bertz CT molecular complexity index is 336. The van der Waals surface area contributed by atoms with Gasteiger partial charge in [0.05, 0.1) is 0 Å². The normalized spacial score (nSPS) is 18.7. The van der Waals surface area contributed by atoms with Crippen molar-refractivity contribution in [2.24, 2.45) is 5.41 Å². The molecule has 1 N–H and O–H groups in total. The van der Waals surface area contributed by atoms with E-state index in [-0.39, 0.29) is 0 Å². The van der Waals surface area contributed by atoms with Crippen LogP contribution in [0.1, 0.15) is 19.4 Å². The molecule has 1 saturated heterocycles. The van der Waals surface area contributed by atoms with Crippen LogP contribution in [0.25, 0.3) is 0 Å².